The summed E-state index contributed by atoms with van der Waals surface area (Å²) in [5.41, 5.74) is 13.1. The zero-order valence-corrected chi connectivity index (χ0v) is 37.7. The van der Waals surface area contributed by atoms with Crippen molar-refractivity contribution in [3.05, 3.63) is 224 Å². The highest BCUT2D eigenvalue weighted by Crippen LogP contribution is 2.40. The lowest BCUT2D eigenvalue weighted by molar-refractivity contribution is 0.845. The molecule has 1 aromatic heterocycles. The minimum Gasteiger partial charge on any atom is -0.394 e. The van der Waals surface area contributed by atoms with Crippen LogP contribution in [-0.2, 0) is 6.42 Å². The van der Waals surface area contributed by atoms with Crippen molar-refractivity contribution in [1.82, 2.24) is 9.88 Å². The van der Waals surface area contributed by atoms with Crippen LogP contribution in [-0.4, -0.2) is 11.6 Å². The van der Waals surface area contributed by atoms with E-state index < -0.39 is 0 Å². The number of allylic oxidation sites excluding steroid dienone is 13. The highest BCUT2D eigenvalue weighted by Gasteiger charge is 2.17. The Labute approximate surface area is 367 Å². The fourth-order valence-electron chi connectivity index (χ4n) is 7.81. The molecule has 61 heavy (non-hydrogen) atoms. The molecule has 6 rings (SSSR count). The first-order chi connectivity index (χ1) is 29.9. The minimum absolute atomic E-state index is 0.123. The molecule has 0 aliphatic rings. The second kappa shape index (κ2) is 24.4. The quantitative estimate of drug-likeness (QED) is 0.0586. The van der Waals surface area contributed by atoms with Gasteiger partial charge in [-0.05, 0) is 138 Å². The van der Waals surface area contributed by atoms with Gasteiger partial charge in [-0.3, -0.25) is 0 Å². The molecule has 0 spiro atoms. The number of hydrogen-bond acceptors (Lipinski definition) is 1. The van der Waals surface area contributed by atoms with Gasteiger partial charge in [0.25, 0.3) is 0 Å². The third-order valence-electron chi connectivity index (χ3n) is 10.8. The summed E-state index contributed by atoms with van der Waals surface area (Å²) in [6.07, 6.45) is 29.1. The minimum atomic E-state index is 0.123. The van der Waals surface area contributed by atoms with Crippen molar-refractivity contribution in [1.29, 1.82) is 0 Å². The van der Waals surface area contributed by atoms with Crippen LogP contribution in [0.3, 0.4) is 0 Å². The van der Waals surface area contributed by atoms with Crippen LogP contribution in [0, 0.1) is 5.92 Å². The molecule has 2 nitrogen and oxygen atoms in total. The van der Waals surface area contributed by atoms with Gasteiger partial charge < -0.3 is 9.88 Å². The number of para-hydroxylation sites is 1. The molecular formula is C59H66N2. The summed E-state index contributed by atoms with van der Waals surface area (Å²) in [4.78, 5) is 0. The van der Waals surface area contributed by atoms with Crippen LogP contribution in [0.15, 0.2) is 207 Å². The Balaban J connectivity index is 0.00000199. The molecule has 1 unspecified atom stereocenters. The summed E-state index contributed by atoms with van der Waals surface area (Å²) in [7, 11) is 1.95. The standard InChI is InChI=1S/C55H56N2.C2H6.C2H4/c1-8-12-26-44(11-4)41(6)37-47(36-40(5)43(9-2)10-3)57-54-31-22-21-30-51(54)53-39-45(32-33-55(53)57)52-38-46(34-35-56-7)48(49-28-19-20-29-50(49)52)27-18-14-17-25-42-23-15-13-16-24-42;2*1-2/h8-13,15-16,18-24,26-39,41,56H,2,4,14,17,25H2,1,3,5-7H3;1-2H3;1-2H2/b12-8-,27-18-,35-34-,40-36+,43-10+,44-26+,47-37+;;. The molecule has 0 bridgehead atoms. The van der Waals surface area contributed by atoms with Crippen LogP contribution >= 0.6 is 0 Å². The molecule has 0 amide bonds. The molecule has 6 aromatic rings. The molecular weight excluding hydrogens is 737 g/mol. The maximum atomic E-state index is 4.15. The van der Waals surface area contributed by atoms with E-state index in [2.05, 4.69) is 215 Å². The van der Waals surface area contributed by atoms with Gasteiger partial charge in [-0.2, -0.15) is 0 Å². The number of fused-ring (bicyclic) bond motifs is 4. The van der Waals surface area contributed by atoms with E-state index in [1.165, 1.54) is 54.9 Å². The van der Waals surface area contributed by atoms with Gasteiger partial charge in [-0.25, -0.2) is 0 Å². The smallest absolute Gasteiger partial charge is 0.0541 e. The van der Waals surface area contributed by atoms with Gasteiger partial charge in [0.15, 0.2) is 0 Å². The summed E-state index contributed by atoms with van der Waals surface area (Å²) in [5, 5.41) is 8.15. The van der Waals surface area contributed by atoms with Gasteiger partial charge >= 0.3 is 0 Å². The lowest BCUT2D eigenvalue weighted by atomic mass is 9.90. The molecule has 0 saturated carbocycles. The van der Waals surface area contributed by atoms with Crippen molar-refractivity contribution < 1.29 is 0 Å². The number of hydrogen-bond donors (Lipinski definition) is 1. The second-order valence-electron chi connectivity index (χ2n) is 14.5. The summed E-state index contributed by atoms with van der Waals surface area (Å²) in [5.74, 6) is 0.123. The number of aromatic nitrogens is 1. The van der Waals surface area contributed by atoms with Crippen molar-refractivity contribution in [2.24, 2.45) is 5.92 Å². The van der Waals surface area contributed by atoms with E-state index in [4.69, 9.17) is 0 Å². The molecule has 1 atom stereocenters. The largest absolute Gasteiger partial charge is 0.394 e. The van der Waals surface area contributed by atoms with Gasteiger partial charge in [0.2, 0.25) is 0 Å². The average Bonchev–Trinajstić information content (AvgIpc) is 3.64. The number of rotatable bonds is 16. The van der Waals surface area contributed by atoms with E-state index in [1.807, 2.05) is 46.2 Å². The number of nitrogens with zero attached hydrogens (tertiary/aromatic N) is 1. The zero-order chi connectivity index (χ0) is 44.1. The highest BCUT2D eigenvalue weighted by atomic mass is 15.0. The molecule has 2 heteroatoms. The lowest BCUT2D eigenvalue weighted by Crippen LogP contribution is -2.01. The van der Waals surface area contributed by atoms with Crippen LogP contribution in [0.1, 0.15) is 71.1 Å². The van der Waals surface area contributed by atoms with E-state index in [-0.39, 0.29) is 5.92 Å². The molecule has 0 aliphatic heterocycles. The van der Waals surface area contributed by atoms with Crippen LogP contribution in [0.25, 0.3) is 61.6 Å². The predicted octanol–water partition coefficient (Wildman–Crippen LogP) is 16.9. The Kier molecular flexibility index (Phi) is 18.9. The van der Waals surface area contributed by atoms with Gasteiger partial charge in [0.1, 0.15) is 0 Å². The molecule has 1 N–H and O–H groups in total. The molecule has 312 valence electrons. The van der Waals surface area contributed by atoms with Crippen LogP contribution in [0.5, 0.6) is 0 Å². The van der Waals surface area contributed by atoms with Crippen LogP contribution in [0.4, 0.5) is 0 Å². The first-order valence-corrected chi connectivity index (χ1v) is 21.7. The predicted molar refractivity (Wildman–Crippen MR) is 276 cm³/mol. The third kappa shape index (κ3) is 11.6. The van der Waals surface area contributed by atoms with Gasteiger partial charge in [-0.1, -0.05) is 167 Å². The number of aryl methyl sites for hydroxylation is 1. The van der Waals surface area contributed by atoms with E-state index in [1.54, 1.807) is 0 Å². The van der Waals surface area contributed by atoms with E-state index in [0.29, 0.717) is 0 Å². The monoisotopic (exact) mass is 803 g/mol. The summed E-state index contributed by atoms with van der Waals surface area (Å²) in [6, 6.07) is 37.7. The second-order valence-corrected chi connectivity index (χ2v) is 14.5. The summed E-state index contributed by atoms with van der Waals surface area (Å²) >= 11 is 0. The Morgan fingerprint density at radius 2 is 1.44 bits per heavy atom. The van der Waals surface area contributed by atoms with Crippen molar-refractivity contribution in [3.8, 4) is 11.1 Å². The number of benzene rings is 5. The molecule has 0 aliphatic carbocycles. The van der Waals surface area contributed by atoms with Gasteiger partial charge in [0, 0.05) is 29.4 Å². The van der Waals surface area contributed by atoms with Crippen molar-refractivity contribution in [2.45, 2.75) is 60.8 Å². The maximum absolute atomic E-state index is 4.15. The van der Waals surface area contributed by atoms with E-state index in [0.717, 1.165) is 47.2 Å². The van der Waals surface area contributed by atoms with Gasteiger partial charge in [0.05, 0.1) is 11.0 Å². The molecule has 0 radical (unpaired) electrons. The lowest BCUT2D eigenvalue weighted by Gasteiger charge is -2.16. The third-order valence-corrected chi connectivity index (χ3v) is 10.8. The first kappa shape index (κ1) is 47.0. The van der Waals surface area contributed by atoms with E-state index in [9.17, 15) is 0 Å². The molecule has 0 saturated heterocycles. The zero-order valence-electron chi connectivity index (χ0n) is 37.7. The Hall–Kier alpha value is -6.64. The average molecular weight is 803 g/mol. The summed E-state index contributed by atoms with van der Waals surface area (Å²) < 4.78 is 2.42. The normalized spacial score (nSPS) is 13.1. The van der Waals surface area contributed by atoms with Crippen LogP contribution < -0.4 is 5.32 Å². The topological polar surface area (TPSA) is 17.0 Å². The van der Waals surface area contributed by atoms with Crippen molar-refractivity contribution in [3.63, 3.8) is 0 Å². The Bertz CT molecular complexity index is 2610. The fourth-order valence-corrected chi connectivity index (χ4v) is 7.81. The summed E-state index contributed by atoms with van der Waals surface area (Å²) in [6.45, 7) is 26.8. The molecule has 5 aromatic carbocycles. The first-order valence-electron chi connectivity index (χ1n) is 21.7. The fraction of sp³-hybridized carbons (Fsp3) is 0.186. The number of unbranched alkanes of at least 4 members (excludes halogenated alkanes) is 1. The maximum Gasteiger partial charge on any atom is 0.0541 e. The van der Waals surface area contributed by atoms with Crippen LogP contribution in [0.2, 0.25) is 0 Å². The van der Waals surface area contributed by atoms with E-state index >= 15 is 0 Å². The molecule has 0 fully saturated rings. The Morgan fingerprint density at radius 3 is 2.11 bits per heavy atom. The van der Waals surface area contributed by atoms with Crippen molar-refractivity contribution in [2.75, 3.05) is 7.05 Å². The number of nitrogens with one attached hydrogen (secondary N) is 1. The highest BCUT2D eigenvalue weighted by molar-refractivity contribution is 6.13. The van der Waals surface area contributed by atoms with Gasteiger partial charge in [-0.15, -0.1) is 13.2 Å². The molecule has 1 heterocycles. The van der Waals surface area contributed by atoms with Crippen molar-refractivity contribution >= 4 is 50.4 Å². The Morgan fingerprint density at radius 1 is 0.770 bits per heavy atom. The SMILES string of the molecule is C=C.C=CC(=C\C)/C(C)=C/C(=C\C(C)/C(C=C)=C/C=C\C)n1c2ccccc2c2cc(-c3cc(/C=C\NC)c(/C=C\CCCc4ccccc4)c4ccccc34)ccc21.CC.